The number of nitrogens with one attached hydrogen (secondary N) is 1. The molecule has 0 atom stereocenters. The van der Waals surface area contributed by atoms with E-state index in [0.717, 1.165) is 17.2 Å². The van der Waals surface area contributed by atoms with E-state index in [1.54, 1.807) is 0 Å². The summed E-state index contributed by atoms with van der Waals surface area (Å²) < 4.78 is 5.44. The second-order valence-corrected chi connectivity index (χ2v) is 2.69. The smallest absolute Gasteiger partial charge is 0.246 e. The Morgan fingerprint density at radius 1 is 1.17 bits per heavy atom. The minimum atomic E-state index is 0.883. The van der Waals surface area contributed by atoms with Gasteiger partial charge in [-0.05, 0) is 25.1 Å². The summed E-state index contributed by atoms with van der Waals surface area (Å²) in [5.41, 5.74) is 1.01. The Balaban J connectivity index is 2.45. The maximum atomic E-state index is 5.44. The third kappa shape index (κ3) is 1.23. The van der Waals surface area contributed by atoms with Crippen molar-refractivity contribution in [3.63, 3.8) is 0 Å². The van der Waals surface area contributed by atoms with Crippen LogP contribution in [0.4, 0.5) is 0 Å². The number of furan rings is 1. The molecular formula is C10H10NO+. The van der Waals surface area contributed by atoms with Crippen molar-refractivity contribution >= 4 is 0 Å². The molecule has 2 heteroatoms. The number of pyridine rings is 1. The first-order valence-corrected chi connectivity index (χ1v) is 3.90. The lowest BCUT2D eigenvalue weighted by Crippen LogP contribution is -2.03. The predicted octanol–water partition coefficient (Wildman–Crippen LogP) is 2.07. The lowest BCUT2D eigenvalue weighted by Gasteiger charge is -1.86. The van der Waals surface area contributed by atoms with E-state index in [9.17, 15) is 0 Å². The van der Waals surface area contributed by atoms with Gasteiger partial charge in [0.25, 0.3) is 0 Å². The van der Waals surface area contributed by atoms with Crippen LogP contribution in [0.2, 0.25) is 0 Å². The van der Waals surface area contributed by atoms with E-state index < -0.39 is 0 Å². The number of aromatic nitrogens is 1. The van der Waals surface area contributed by atoms with Crippen LogP contribution in [0.3, 0.4) is 0 Å². The van der Waals surface area contributed by atoms with Crippen LogP contribution in [0.5, 0.6) is 0 Å². The summed E-state index contributed by atoms with van der Waals surface area (Å²) in [6, 6.07) is 9.82. The van der Waals surface area contributed by atoms with Gasteiger partial charge in [0, 0.05) is 12.1 Å². The summed E-state index contributed by atoms with van der Waals surface area (Å²) in [6.07, 6.45) is 1.88. The summed E-state index contributed by atoms with van der Waals surface area (Å²) in [6.45, 7) is 1.94. The molecule has 2 aromatic rings. The zero-order chi connectivity index (χ0) is 8.39. The van der Waals surface area contributed by atoms with Gasteiger partial charge in [0.2, 0.25) is 5.69 Å². The maximum Gasteiger partial charge on any atom is 0.246 e. The first-order chi connectivity index (χ1) is 5.86. The molecule has 0 aliphatic heterocycles. The van der Waals surface area contributed by atoms with E-state index in [0.29, 0.717) is 0 Å². The second-order valence-electron chi connectivity index (χ2n) is 2.69. The molecule has 2 heterocycles. The molecule has 0 unspecified atom stereocenters. The lowest BCUT2D eigenvalue weighted by atomic mass is 10.3. The zero-order valence-electron chi connectivity index (χ0n) is 6.87. The van der Waals surface area contributed by atoms with E-state index in [1.165, 1.54) is 0 Å². The fourth-order valence-corrected chi connectivity index (χ4v) is 1.13. The monoisotopic (exact) mass is 160 g/mol. The van der Waals surface area contributed by atoms with Crippen LogP contribution < -0.4 is 4.98 Å². The van der Waals surface area contributed by atoms with Crippen molar-refractivity contribution in [2.75, 3.05) is 0 Å². The molecule has 0 fully saturated rings. The Morgan fingerprint density at radius 3 is 2.67 bits per heavy atom. The van der Waals surface area contributed by atoms with Gasteiger partial charge in [0.05, 0.1) is 0 Å². The fourth-order valence-electron chi connectivity index (χ4n) is 1.13. The van der Waals surface area contributed by atoms with E-state index in [1.807, 2.05) is 43.5 Å². The number of aromatic amines is 1. The van der Waals surface area contributed by atoms with E-state index in [-0.39, 0.29) is 0 Å². The first-order valence-electron chi connectivity index (χ1n) is 3.90. The average molecular weight is 160 g/mol. The van der Waals surface area contributed by atoms with Crippen molar-refractivity contribution in [3.05, 3.63) is 42.3 Å². The van der Waals surface area contributed by atoms with Crippen molar-refractivity contribution < 1.29 is 9.40 Å². The Bertz CT molecular complexity index is 364. The van der Waals surface area contributed by atoms with Crippen LogP contribution in [0, 0.1) is 6.92 Å². The molecule has 0 spiro atoms. The van der Waals surface area contributed by atoms with E-state index in [2.05, 4.69) is 4.98 Å². The molecule has 0 saturated carbocycles. The summed E-state index contributed by atoms with van der Waals surface area (Å²) in [7, 11) is 0. The molecule has 0 aromatic carbocycles. The van der Waals surface area contributed by atoms with Crippen LogP contribution in [-0.4, -0.2) is 0 Å². The van der Waals surface area contributed by atoms with Gasteiger partial charge in [-0.25, -0.2) is 4.98 Å². The number of hydrogen-bond acceptors (Lipinski definition) is 1. The number of aryl methyl sites for hydroxylation is 1. The molecule has 0 saturated heterocycles. The fraction of sp³-hybridized carbons (Fsp3) is 0.100. The topological polar surface area (TPSA) is 27.3 Å². The van der Waals surface area contributed by atoms with Crippen molar-refractivity contribution in [1.29, 1.82) is 0 Å². The summed E-state index contributed by atoms with van der Waals surface area (Å²) in [5, 5.41) is 0. The van der Waals surface area contributed by atoms with Crippen LogP contribution in [-0.2, 0) is 0 Å². The Kier molecular flexibility index (Phi) is 1.67. The highest BCUT2D eigenvalue weighted by Gasteiger charge is 2.06. The van der Waals surface area contributed by atoms with Gasteiger partial charge in [-0.3, -0.25) is 0 Å². The molecular weight excluding hydrogens is 150 g/mol. The van der Waals surface area contributed by atoms with Crippen molar-refractivity contribution in [2.24, 2.45) is 0 Å². The molecule has 0 aliphatic carbocycles. The first kappa shape index (κ1) is 7.10. The zero-order valence-corrected chi connectivity index (χ0v) is 6.87. The van der Waals surface area contributed by atoms with Crippen molar-refractivity contribution in [1.82, 2.24) is 0 Å². The molecule has 60 valence electrons. The lowest BCUT2D eigenvalue weighted by molar-refractivity contribution is -0.365. The molecule has 2 nitrogen and oxygen atoms in total. The summed E-state index contributed by atoms with van der Waals surface area (Å²) >= 11 is 0. The maximum absolute atomic E-state index is 5.44. The Labute approximate surface area is 70.9 Å². The summed E-state index contributed by atoms with van der Waals surface area (Å²) in [4.78, 5) is 3.10. The number of H-pyrrole nitrogens is 1. The van der Waals surface area contributed by atoms with E-state index >= 15 is 0 Å². The van der Waals surface area contributed by atoms with Gasteiger partial charge in [-0.2, -0.15) is 0 Å². The van der Waals surface area contributed by atoms with E-state index in [4.69, 9.17) is 4.42 Å². The third-order valence-electron chi connectivity index (χ3n) is 1.71. The minimum absolute atomic E-state index is 0.883. The molecule has 0 amide bonds. The highest BCUT2D eigenvalue weighted by molar-refractivity contribution is 5.47. The van der Waals surface area contributed by atoms with Crippen molar-refractivity contribution in [2.45, 2.75) is 6.92 Å². The standard InChI is InChI=1S/C10H9NO/c1-8-5-6-10(12-8)9-4-2-3-7-11-9/h2-7H,1H3/p+1. The average Bonchev–Trinajstić information content (AvgIpc) is 2.54. The molecule has 0 bridgehead atoms. The third-order valence-corrected chi connectivity index (χ3v) is 1.71. The SMILES string of the molecule is Cc1ccc(-c2cccc[nH+]2)o1. The second kappa shape index (κ2) is 2.81. The minimum Gasteiger partial charge on any atom is -0.455 e. The molecule has 1 N–H and O–H groups in total. The van der Waals surface area contributed by atoms with Gasteiger partial charge >= 0.3 is 0 Å². The van der Waals surface area contributed by atoms with Crippen molar-refractivity contribution in [3.8, 4) is 11.5 Å². The normalized spacial score (nSPS) is 10.1. The van der Waals surface area contributed by atoms with Crippen LogP contribution >= 0.6 is 0 Å². The Hall–Kier alpha value is -1.57. The molecule has 0 radical (unpaired) electrons. The predicted molar refractivity (Wildman–Crippen MR) is 45.4 cm³/mol. The number of rotatable bonds is 1. The van der Waals surface area contributed by atoms with Gasteiger partial charge in [-0.1, -0.05) is 0 Å². The Morgan fingerprint density at radius 2 is 2.08 bits per heavy atom. The van der Waals surface area contributed by atoms with Crippen LogP contribution in [0.1, 0.15) is 5.76 Å². The molecule has 0 aliphatic rings. The largest absolute Gasteiger partial charge is 0.455 e. The van der Waals surface area contributed by atoms with Gasteiger partial charge in [-0.15, -0.1) is 0 Å². The van der Waals surface area contributed by atoms with Crippen LogP contribution in [0.25, 0.3) is 11.5 Å². The molecule has 12 heavy (non-hydrogen) atoms. The van der Waals surface area contributed by atoms with Gasteiger partial charge in [0.15, 0.2) is 12.0 Å². The summed E-state index contributed by atoms with van der Waals surface area (Å²) in [5.74, 6) is 1.82. The quantitative estimate of drug-likeness (QED) is 0.627. The number of hydrogen-bond donors (Lipinski definition) is 0. The van der Waals surface area contributed by atoms with Gasteiger partial charge < -0.3 is 4.42 Å². The van der Waals surface area contributed by atoms with Crippen LogP contribution in [0.15, 0.2) is 40.9 Å². The molecule has 2 rings (SSSR count). The molecule has 2 aromatic heterocycles. The highest BCUT2D eigenvalue weighted by Crippen LogP contribution is 2.16. The highest BCUT2D eigenvalue weighted by atomic mass is 16.3. The van der Waals surface area contributed by atoms with Gasteiger partial charge in [0.1, 0.15) is 5.76 Å².